The van der Waals surface area contributed by atoms with Gasteiger partial charge in [0.25, 0.3) is 0 Å². The van der Waals surface area contributed by atoms with E-state index in [2.05, 4.69) is 24.3 Å². The molecule has 42 heavy (non-hydrogen) atoms. The zero-order chi connectivity index (χ0) is 30.6. The molecule has 246 valence electrons. The van der Waals surface area contributed by atoms with E-state index in [-0.39, 0.29) is 11.8 Å². The fraction of sp³-hybridized carbons (Fsp3) is 0.842. The third-order valence-electron chi connectivity index (χ3n) is 8.41. The van der Waals surface area contributed by atoms with Crippen LogP contribution in [0, 0.1) is 0 Å². The fourth-order valence-corrected chi connectivity index (χ4v) is 5.65. The summed E-state index contributed by atoms with van der Waals surface area (Å²) in [5.74, 6) is -0.329. The first kappa shape index (κ1) is 40.4. The van der Waals surface area contributed by atoms with Crippen LogP contribution in [0.4, 0.5) is 0 Å². The van der Waals surface area contributed by atoms with E-state index < -0.39 is 0 Å². The van der Waals surface area contributed by atoms with Crippen LogP contribution in [0.1, 0.15) is 205 Å². The number of rotatable bonds is 35. The quantitative estimate of drug-likeness (QED) is 0.0570. The molecule has 0 aliphatic rings. The molecule has 4 N–H and O–H groups in total. The molecule has 0 fully saturated rings. The average Bonchev–Trinajstić information content (AvgIpc) is 2.96. The first-order valence-corrected chi connectivity index (χ1v) is 18.5. The molecule has 0 aromatic rings. The second-order valence-corrected chi connectivity index (χ2v) is 12.7. The first-order valence-electron chi connectivity index (χ1n) is 18.5. The van der Waals surface area contributed by atoms with Gasteiger partial charge in [-0.2, -0.15) is 0 Å². The van der Waals surface area contributed by atoms with Gasteiger partial charge >= 0.3 is 0 Å². The second kappa shape index (κ2) is 35.6. The van der Waals surface area contributed by atoms with Gasteiger partial charge in [-0.1, -0.05) is 153 Å². The lowest BCUT2D eigenvalue weighted by Crippen LogP contribution is -2.09. The van der Waals surface area contributed by atoms with Crippen LogP contribution in [-0.4, -0.2) is 11.8 Å². The van der Waals surface area contributed by atoms with Crippen LogP contribution in [0.2, 0.25) is 0 Å². The molecule has 0 radical (unpaired) electrons. The Bertz CT molecular complexity index is 575. The average molecular weight is 589 g/mol. The number of nitrogens with two attached hydrogens (primary N) is 2. The van der Waals surface area contributed by atoms with Crippen molar-refractivity contribution in [1.29, 1.82) is 0 Å². The Morgan fingerprint density at radius 2 is 0.452 bits per heavy atom. The molecule has 0 bridgehead atoms. The Labute approximate surface area is 262 Å². The third-order valence-corrected chi connectivity index (χ3v) is 8.41. The van der Waals surface area contributed by atoms with E-state index in [1.54, 1.807) is 0 Å². The van der Waals surface area contributed by atoms with Gasteiger partial charge in [0.05, 0.1) is 0 Å². The molecule has 0 saturated carbocycles. The maximum Gasteiger partial charge on any atom is 0.217 e. The topological polar surface area (TPSA) is 86.2 Å². The number of unbranched alkanes of at least 4 members (excludes halogenated alkanes) is 27. The molecule has 0 aromatic carbocycles. The molecule has 0 saturated heterocycles. The fourth-order valence-electron chi connectivity index (χ4n) is 5.65. The molecule has 0 aliphatic carbocycles. The molecule has 2 amide bonds. The number of carbonyl (C=O) groups is 2. The van der Waals surface area contributed by atoms with E-state index in [1.165, 1.54) is 167 Å². The van der Waals surface area contributed by atoms with Gasteiger partial charge in [-0.15, -0.1) is 0 Å². The van der Waals surface area contributed by atoms with Gasteiger partial charge in [-0.3, -0.25) is 9.59 Å². The van der Waals surface area contributed by atoms with E-state index in [4.69, 9.17) is 11.5 Å². The highest BCUT2D eigenvalue weighted by molar-refractivity contribution is 5.73. The summed E-state index contributed by atoms with van der Waals surface area (Å²) >= 11 is 0. The third kappa shape index (κ3) is 38.4. The first-order chi connectivity index (χ1) is 20.6. The second-order valence-electron chi connectivity index (χ2n) is 12.7. The Morgan fingerprint density at radius 1 is 0.286 bits per heavy atom. The van der Waals surface area contributed by atoms with E-state index in [9.17, 15) is 9.59 Å². The van der Waals surface area contributed by atoms with Crippen molar-refractivity contribution < 1.29 is 9.59 Å². The molecule has 0 heterocycles. The van der Waals surface area contributed by atoms with Crippen molar-refractivity contribution in [2.45, 2.75) is 205 Å². The van der Waals surface area contributed by atoms with Crippen LogP contribution in [0.25, 0.3) is 0 Å². The minimum absolute atomic E-state index is 0.164. The molecule has 0 aliphatic heterocycles. The zero-order valence-electron chi connectivity index (χ0n) is 27.9. The van der Waals surface area contributed by atoms with Crippen molar-refractivity contribution in [2.24, 2.45) is 11.5 Å². The van der Waals surface area contributed by atoms with Crippen molar-refractivity contribution in [3.05, 3.63) is 24.3 Å². The van der Waals surface area contributed by atoms with E-state index in [0.29, 0.717) is 12.8 Å². The van der Waals surface area contributed by atoms with Crippen LogP contribution in [0.5, 0.6) is 0 Å². The van der Waals surface area contributed by atoms with Gasteiger partial charge in [-0.25, -0.2) is 0 Å². The predicted octanol–water partition coefficient (Wildman–Crippen LogP) is 11.6. The van der Waals surface area contributed by atoms with Gasteiger partial charge in [0, 0.05) is 12.8 Å². The van der Waals surface area contributed by atoms with Crippen LogP contribution in [-0.2, 0) is 9.59 Å². The number of allylic oxidation sites excluding steroid dienone is 4. The molecular weight excluding hydrogens is 516 g/mol. The molecule has 0 spiro atoms. The van der Waals surface area contributed by atoms with Crippen molar-refractivity contribution in [1.82, 2.24) is 0 Å². The minimum Gasteiger partial charge on any atom is -0.370 e. The van der Waals surface area contributed by atoms with Gasteiger partial charge in [0.15, 0.2) is 0 Å². The van der Waals surface area contributed by atoms with Crippen molar-refractivity contribution >= 4 is 11.8 Å². The van der Waals surface area contributed by atoms with Crippen molar-refractivity contribution in [3.63, 3.8) is 0 Å². The number of hydrogen-bond donors (Lipinski definition) is 2. The van der Waals surface area contributed by atoms with Crippen LogP contribution in [0.15, 0.2) is 24.3 Å². The van der Waals surface area contributed by atoms with E-state index in [1.807, 2.05) is 0 Å². The van der Waals surface area contributed by atoms with Crippen LogP contribution in [0.3, 0.4) is 0 Å². The molecule has 0 rings (SSSR count). The summed E-state index contributed by atoms with van der Waals surface area (Å²) in [4.78, 5) is 21.4. The lowest BCUT2D eigenvalue weighted by atomic mass is 10.0. The lowest BCUT2D eigenvalue weighted by molar-refractivity contribution is -0.119. The highest BCUT2D eigenvalue weighted by atomic mass is 16.1. The molecule has 4 nitrogen and oxygen atoms in total. The summed E-state index contributed by atoms with van der Waals surface area (Å²) in [6, 6.07) is 0. The summed E-state index contributed by atoms with van der Waals surface area (Å²) in [6.45, 7) is 0. The predicted molar refractivity (Wildman–Crippen MR) is 184 cm³/mol. The number of primary amides is 2. The molecule has 0 unspecified atom stereocenters. The minimum atomic E-state index is -0.164. The van der Waals surface area contributed by atoms with E-state index >= 15 is 0 Å². The van der Waals surface area contributed by atoms with E-state index in [0.717, 1.165) is 25.7 Å². The number of carbonyl (C=O) groups excluding carboxylic acids is 2. The van der Waals surface area contributed by atoms with Crippen molar-refractivity contribution in [2.75, 3.05) is 0 Å². The highest BCUT2D eigenvalue weighted by Crippen LogP contribution is 2.15. The summed E-state index contributed by atoms with van der Waals surface area (Å²) in [6.07, 6.45) is 50.0. The largest absolute Gasteiger partial charge is 0.370 e. The van der Waals surface area contributed by atoms with Gasteiger partial charge in [-0.05, 0) is 64.2 Å². The van der Waals surface area contributed by atoms with Gasteiger partial charge in [0.1, 0.15) is 0 Å². The monoisotopic (exact) mass is 589 g/mol. The number of hydrogen-bond acceptors (Lipinski definition) is 2. The van der Waals surface area contributed by atoms with Gasteiger partial charge < -0.3 is 11.5 Å². The molecule has 0 atom stereocenters. The Balaban J connectivity index is 3.13. The lowest BCUT2D eigenvalue weighted by Gasteiger charge is -2.03. The van der Waals surface area contributed by atoms with Crippen molar-refractivity contribution in [3.8, 4) is 0 Å². The van der Waals surface area contributed by atoms with Gasteiger partial charge in [0.2, 0.25) is 11.8 Å². The number of amides is 2. The Hall–Kier alpha value is -1.58. The molecule has 0 aromatic heterocycles. The summed E-state index contributed by atoms with van der Waals surface area (Å²) in [7, 11) is 0. The zero-order valence-corrected chi connectivity index (χ0v) is 27.9. The van der Waals surface area contributed by atoms with Crippen LogP contribution < -0.4 is 11.5 Å². The summed E-state index contributed by atoms with van der Waals surface area (Å²) < 4.78 is 0. The maximum atomic E-state index is 10.7. The maximum absolute atomic E-state index is 10.7. The smallest absolute Gasteiger partial charge is 0.217 e. The highest BCUT2D eigenvalue weighted by Gasteiger charge is 1.97. The Kier molecular flexibility index (Phi) is 34.3. The standard InChI is InChI=1S/C38H72N2O2/c39-37(41)35-33-31-29-27-25-23-21-19-17-15-13-11-9-7-5-3-1-2-4-6-8-10-12-14-16-18-20-22-24-26-28-30-32-34-36-38(40)42/h19-22H,1-18,23-36H2,(H2,39,41)(H2,40,42). The van der Waals surface area contributed by atoms with Crippen LogP contribution >= 0.6 is 0 Å². The Morgan fingerprint density at radius 3 is 0.643 bits per heavy atom. The normalized spacial score (nSPS) is 11.7. The SMILES string of the molecule is NC(=O)CCCCCCCC=CCCCCCCCCCCCCCCCCCCC=CCCCCCCCC(N)=O. The molecular formula is C38H72N2O2. The molecule has 4 heteroatoms. The summed E-state index contributed by atoms with van der Waals surface area (Å²) in [5.41, 5.74) is 10.3. The summed E-state index contributed by atoms with van der Waals surface area (Å²) in [5, 5.41) is 0.